The van der Waals surface area contributed by atoms with Crippen LogP contribution in [0.25, 0.3) is 0 Å². The topological polar surface area (TPSA) is 62.2 Å². The molecule has 2 rings (SSSR count). The summed E-state index contributed by atoms with van der Waals surface area (Å²) in [5.41, 5.74) is 0.749. The van der Waals surface area contributed by atoms with E-state index in [1.165, 1.54) is 4.88 Å². The standard InChI is InChI=1S/C12H11BrN2O2S/c1-7-10(12(16)17)2-3-11(15-7)14-5-9-4-8(13)6-18-9/h2-4,6H,5H2,1H3,(H,14,15)(H,16,17). The Labute approximate surface area is 117 Å². The average molecular weight is 327 g/mol. The molecular weight excluding hydrogens is 316 g/mol. The van der Waals surface area contributed by atoms with Crippen molar-refractivity contribution < 1.29 is 9.90 Å². The first-order valence-electron chi connectivity index (χ1n) is 5.24. The van der Waals surface area contributed by atoms with Crippen molar-refractivity contribution in [2.75, 3.05) is 5.32 Å². The fourth-order valence-electron chi connectivity index (χ4n) is 1.51. The van der Waals surface area contributed by atoms with Crippen LogP contribution in [0.3, 0.4) is 0 Å². The molecule has 4 nitrogen and oxygen atoms in total. The Morgan fingerprint density at radius 1 is 1.56 bits per heavy atom. The van der Waals surface area contributed by atoms with Gasteiger partial charge in [0, 0.05) is 14.7 Å². The van der Waals surface area contributed by atoms with Gasteiger partial charge in [0.15, 0.2) is 0 Å². The molecule has 2 aromatic rings. The third kappa shape index (κ3) is 3.08. The van der Waals surface area contributed by atoms with E-state index >= 15 is 0 Å². The summed E-state index contributed by atoms with van der Waals surface area (Å²) in [6.07, 6.45) is 0. The van der Waals surface area contributed by atoms with Gasteiger partial charge in [0.05, 0.1) is 17.8 Å². The van der Waals surface area contributed by atoms with E-state index in [2.05, 4.69) is 26.2 Å². The molecule has 0 radical (unpaired) electrons. The highest BCUT2D eigenvalue weighted by molar-refractivity contribution is 9.10. The summed E-state index contributed by atoms with van der Waals surface area (Å²) in [6.45, 7) is 2.37. The SMILES string of the molecule is Cc1nc(NCc2cc(Br)cs2)ccc1C(=O)O. The highest BCUT2D eigenvalue weighted by Crippen LogP contribution is 2.20. The number of carboxylic acid groups (broad SMARTS) is 1. The van der Waals surface area contributed by atoms with E-state index < -0.39 is 5.97 Å². The number of nitrogens with zero attached hydrogens (tertiary/aromatic N) is 1. The monoisotopic (exact) mass is 326 g/mol. The van der Waals surface area contributed by atoms with Crippen LogP contribution in [0.5, 0.6) is 0 Å². The van der Waals surface area contributed by atoms with Crippen LogP contribution in [-0.4, -0.2) is 16.1 Å². The summed E-state index contributed by atoms with van der Waals surface area (Å²) in [5.74, 6) is -0.268. The van der Waals surface area contributed by atoms with E-state index in [9.17, 15) is 4.79 Å². The van der Waals surface area contributed by atoms with Crippen molar-refractivity contribution in [3.05, 3.63) is 44.2 Å². The van der Waals surface area contributed by atoms with E-state index in [4.69, 9.17) is 5.11 Å². The molecule has 0 bridgehead atoms. The van der Waals surface area contributed by atoms with Gasteiger partial charge >= 0.3 is 5.97 Å². The van der Waals surface area contributed by atoms with Crippen molar-refractivity contribution in [3.8, 4) is 0 Å². The number of hydrogen-bond donors (Lipinski definition) is 2. The number of carbonyl (C=O) groups is 1. The molecular formula is C12H11BrN2O2S. The predicted octanol–water partition coefficient (Wildman–Crippen LogP) is 3.52. The van der Waals surface area contributed by atoms with Gasteiger partial charge in [0.1, 0.15) is 5.82 Å². The first kappa shape index (κ1) is 13.0. The fourth-order valence-corrected chi connectivity index (χ4v) is 2.90. The minimum Gasteiger partial charge on any atom is -0.478 e. The molecule has 0 unspecified atom stereocenters. The molecule has 0 spiro atoms. The molecule has 0 atom stereocenters. The van der Waals surface area contributed by atoms with Gasteiger partial charge in [-0.05, 0) is 41.1 Å². The van der Waals surface area contributed by atoms with Gasteiger partial charge in [-0.1, -0.05) is 0 Å². The van der Waals surface area contributed by atoms with Crippen LogP contribution < -0.4 is 5.32 Å². The molecule has 2 heterocycles. The van der Waals surface area contributed by atoms with Crippen molar-refractivity contribution in [1.82, 2.24) is 4.98 Å². The van der Waals surface area contributed by atoms with Crippen LogP contribution >= 0.6 is 27.3 Å². The lowest BCUT2D eigenvalue weighted by atomic mass is 10.2. The Bertz CT molecular complexity index is 583. The number of aryl methyl sites for hydroxylation is 1. The van der Waals surface area contributed by atoms with E-state index in [0.717, 1.165) is 4.47 Å². The maximum atomic E-state index is 10.9. The number of hydrogen-bond acceptors (Lipinski definition) is 4. The maximum Gasteiger partial charge on any atom is 0.337 e. The van der Waals surface area contributed by atoms with Crippen LogP contribution in [0, 0.1) is 6.92 Å². The van der Waals surface area contributed by atoms with Gasteiger partial charge in [-0.15, -0.1) is 11.3 Å². The highest BCUT2D eigenvalue weighted by Gasteiger charge is 2.08. The summed E-state index contributed by atoms with van der Waals surface area (Å²) >= 11 is 5.05. The Balaban J connectivity index is 2.06. The molecule has 0 aromatic carbocycles. The van der Waals surface area contributed by atoms with Crippen molar-refractivity contribution in [3.63, 3.8) is 0 Å². The predicted molar refractivity (Wildman–Crippen MR) is 75.3 cm³/mol. The highest BCUT2D eigenvalue weighted by atomic mass is 79.9. The number of aromatic nitrogens is 1. The van der Waals surface area contributed by atoms with E-state index in [1.54, 1.807) is 30.4 Å². The molecule has 0 aliphatic carbocycles. The molecule has 0 amide bonds. The third-order valence-corrected chi connectivity index (χ3v) is 4.08. The molecule has 6 heteroatoms. The molecule has 2 aromatic heterocycles. The van der Waals surface area contributed by atoms with Crippen molar-refractivity contribution in [1.29, 1.82) is 0 Å². The lowest BCUT2D eigenvalue weighted by Gasteiger charge is -2.06. The second kappa shape index (κ2) is 5.49. The molecule has 18 heavy (non-hydrogen) atoms. The Morgan fingerprint density at radius 3 is 2.89 bits per heavy atom. The second-order valence-corrected chi connectivity index (χ2v) is 5.63. The number of rotatable bonds is 4. The van der Waals surface area contributed by atoms with Crippen molar-refractivity contribution in [2.24, 2.45) is 0 Å². The summed E-state index contributed by atoms with van der Waals surface area (Å²) in [6, 6.07) is 5.28. The zero-order chi connectivity index (χ0) is 13.1. The van der Waals surface area contributed by atoms with E-state index in [1.807, 2.05) is 11.4 Å². The Morgan fingerprint density at radius 2 is 2.33 bits per heavy atom. The van der Waals surface area contributed by atoms with Crippen LogP contribution in [-0.2, 0) is 6.54 Å². The summed E-state index contributed by atoms with van der Waals surface area (Å²) in [5, 5.41) is 14.1. The summed E-state index contributed by atoms with van der Waals surface area (Å²) in [4.78, 5) is 16.3. The number of thiophene rings is 1. The van der Waals surface area contributed by atoms with Gasteiger partial charge in [0.2, 0.25) is 0 Å². The number of anilines is 1. The second-order valence-electron chi connectivity index (χ2n) is 3.72. The fraction of sp³-hybridized carbons (Fsp3) is 0.167. The molecule has 0 saturated carbocycles. The van der Waals surface area contributed by atoms with Gasteiger partial charge in [-0.2, -0.15) is 0 Å². The Kier molecular flexibility index (Phi) is 3.98. The number of carboxylic acids is 1. The summed E-state index contributed by atoms with van der Waals surface area (Å²) < 4.78 is 1.06. The molecule has 2 N–H and O–H groups in total. The lowest BCUT2D eigenvalue weighted by molar-refractivity contribution is 0.0695. The maximum absolute atomic E-state index is 10.9. The van der Waals surface area contributed by atoms with Crippen molar-refractivity contribution in [2.45, 2.75) is 13.5 Å². The zero-order valence-electron chi connectivity index (χ0n) is 9.61. The van der Waals surface area contributed by atoms with Crippen LogP contribution in [0.2, 0.25) is 0 Å². The van der Waals surface area contributed by atoms with Crippen molar-refractivity contribution >= 4 is 39.1 Å². The van der Waals surface area contributed by atoms with Gasteiger partial charge in [-0.3, -0.25) is 0 Å². The first-order chi connectivity index (χ1) is 8.56. The van der Waals surface area contributed by atoms with Crippen LogP contribution in [0.15, 0.2) is 28.1 Å². The normalized spacial score (nSPS) is 10.3. The number of pyridine rings is 1. The smallest absolute Gasteiger partial charge is 0.337 e. The Hall–Kier alpha value is -1.40. The first-order valence-corrected chi connectivity index (χ1v) is 6.91. The van der Waals surface area contributed by atoms with Gasteiger partial charge in [0.25, 0.3) is 0 Å². The number of nitrogens with one attached hydrogen (secondary N) is 1. The van der Waals surface area contributed by atoms with Crippen LogP contribution in [0.4, 0.5) is 5.82 Å². The zero-order valence-corrected chi connectivity index (χ0v) is 12.0. The average Bonchev–Trinajstić information content (AvgIpc) is 2.72. The molecule has 0 fully saturated rings. The lowest BCUT2D eigenvalue weighted by Crippen LogP contribution is -2.05. The quantitative estimate of drug-likeness (QED) is 0.902. The van der Waals surface area contributed by atoms with Gasteiger partial charge < -0.3 is 10.4 Å². The van der Waals surface area contributed by atoms with Gasteiger partial charge in [-0.25, -0.2) is 9.78 Å². The number of aromatic carboxylic acids is 1. The van der Waals surface area contributed by atoms with E-state index in [0.29, 0.717) is 18.1 Å². The van der Waals surface area contributed by atoms with Crippen LogP contribution in [0.1, 0.15) is 20.9 Å². The van der Waals surface area contributed by atoms with E-state index in [-0.39, 0.29) is 5.56 Å². The minimum atomic E-state index is -0.950. The third-order valence-electron chi connectivity index (χ3n) is 2.38. The molecule has 94 valence electrons. The summed E-state index contributed by atoms with van der Waals surface area (Å²) in [7, 11) is 0. The largest absolute Gasteiger partial charge is 0.478 e. The molecule has 0 aliphatic heterocycles. The minimum absolute atomic E-state index is 0.236. The molecule has 0 aliphatic rings. The molecule has 0 saturated heterocycles. The number of halogens is 1.